The second-order valence-corrected chi connectivity index (χ2v) is 5.59. The molecule has 0 atom stereocenters. The number of imidazole rings is 1. The van der Waals surface area contributed by atoms with Gasteiger partial charge in [-0.15, -0.1) is 0 Å². The smallest absolute Gasteiger partial charge is 0.272 e. The number of H-pyrrole nitrogens is 1. The summed E-state index contributed by atoms with van der Waals surface area (Å²) in [6.45, 7) is 1.94. The Kier molecular flexibility index (Phi) is 3.80. The van der Waals surface area contributed by atoms with E-state index in [0.29, 0.717) is 18.8 Å². The summed E-state index contributed by atoms with van der Waals surface area (Å²) in [6.07, 6.45) is 7.78. The second-order valence-electron chi connectivity index (χ2n) is 5.59. The third-order valence-corrected chi connectivity index (χ3v) is 4.08. The fourth-order valence-corrected chi connectivity index (χ4v) is 2.86. The average molecular weight is 323 g/mol. The summed E-state index contributed by atoms with van der Waals surface area (Å²) in [5.74, 6) is 0.567. The normalized spacial score (nSPS) is 13.5. The van der Waals surface area contributed by atoms with E-state index in [-0.39, 0.29) is 5.91 Å². The van der Waals surface area contributed by atoms with Crippen LogP contribution in [0.2, 0.25) is 0 Å². The van der Waals surface area contributed by atoms with E-state index in [0.717, 1.165) is 35.6 Å². The van der Waals surface area contributed by atoms with Crippen molar-refractivity contribution in [3.8, 4) is 5.82 Å². The Morgan fingerprint density at radius 1 is 1.38 bits per heavy atom. The van der Waals surface area contributed by atoms with Crippen molar-refractivity contribution in [1.82, 2.24) is 35.4 Å². The summed E-state index contributed by atoms with van der Waals surface area (Å²) in [5.41, 5.74) is 3.37. The third kappa shape index (κ3) is 2.67. The first-order chi connectivity index (χ1) is 11.8. The Hall–Kier alpha value is -3.00. The van der Waals surface area contributed by atoms with Crippen molar-refractivity contribution in [2.75, 3.05) is 6.54 Å². The van der Waals surface area contributed by atoms with E-state index in [1.165, 1.54) is 0 Å². The molecule has 1 aliphatic heterocycles. The van der Waals surface area contributed by atoms with Crippen LogP contribution in [-0.4, -0.2) is 37.2 Å². The molecule has 0 fully saturated rings. The lowest BCUT2D eigenvalue weighted by Gasteiger charge is -2.13. The molecular formula is C16H17N7O. The molecule has 4 heterocycles. The van der Waals surface area contributed by atoms with Crippen molar-refractivity contribution in [3.05, 3.63) is 59.6 Å². The number of fused-ring (bicyclic) bond motifs is 1. The Bertz CT molecular complexity index is 853. The summed E-state index contributed by atoms with van der Waals surface area (Å²) in [7, 11) is 0. The topological polar surface area (TPSA) is 101 Å². The minimum absolute atomic E-state index is 0.184. The molecule has 4 rings (SSSR count). The van der Waals surface area contributed by atoms with Gasteiger partial charge in [-0.3, -0.25) is 14.5 Å². The summed E-state index contributed by atoms with van der Waals surface area (Å²) in [4.78, 5) is 20.9. The zero-order chi connectivity index (χ0) is 16.4. The van der Waals surface area contributed by atoms with E-state index in [2.05, 4.69) is 30.8 Å². The highest BCUT2D eigenvalue weighted by molar-refractivity contribution is 5.94. The van der Waals surface area contributed by atoms with Crippen LogP contribution in [0.1, 0.15) is 27.3 Å². The number of pyridine rings is 1. The largest absolute Gasteiger partial charge is 0.346 e. The van der Waals surface area contributed by atoms with Gasteiger partial charge in [-0.2, -0.15) is 5.10 Å². The predicted molar refractivity (Wildman–Crippen MR) is 86.5 cm³/mol. The predicted octanol–water partition coefficient (Wildman–Crippen LogP) is 0.566. The molecule has 3 aromatic heterocycles. The number of hydrogen-bond acceptors (Lipinski definition) is 5. The van der Waals surface area contributed by atoms with Gasteiger partial charge in [0, 0.05) is 61.5 Å². The zero-order valence-electron chi connectivity index (χ0n) is 13.0. The Morgan fingerprint density at radius 2 is 2.33 bits per heavy atom. The first-order valence-corrected chi connectivity index (χ1v) is 7.80. The van der Waals surface area contributed by atoms with Gasteiger partial charge in [-0.25, -0.2) is 9.97 Å². The van der Waals surface area contributed by atoms with Gasteiger partial charge in [0.25, 0.3) is 5.91 Å². The molecule has 1 amide bonds. The highest BCUT2D eigenvalue weighted by Gasteiger charge is 2.21. The Labute approximate surface area is 138 Å². The van der Waals surface area contributed by atoms with E-state index in [9.17, 15) is 4.79 Å². The van der Waals surface area contributed by atoms with Gasteiger partial charge in [0.1, 0.15) is 12.1 Å². The Morgan fingerprint density at radius 3 is 3.21 bits per heavy atom. The number of aromatic nitrogens is 5. The summed E-state index contributed by atoms with van der Waals surface area (Å²) >= 11 is 0. The lowest BCUT2D eigenvalue weighted by atomic mass is 10.1. The molecule has 0 unspecified atom stereocenters. The fourth-order valence-electron chi connectivity index (χ4n) is 2.86. The maximum atomic E-state index is 12.5. The summed E-state index contributed by atoms with van der Waals surface area (Å²) < 4.78 is 1.82. The van der Waals surface area contributed by atoms with Crippen LogP contribution in [-0.2, 0) is 19.5 Å². The number of nitrogens with one attached hydrogen (secondary N) is 3. The highest BCUT2D eigenvalue weighted by Crippen LogP contribution is 2.16. The van der Waals surface area contributed by atoms with E-state index in [1.807, 2.05) is 22.9 Å². The SMILES string of the molecule is O=C(NCc1cccnc1-n1ccnc1)c1n[nH]c2c1CNCC2. The number of amides is 1. The number of aromatic amines is 1. The first-order valence-electron chi connectivity index (χ1n) is 7.80. The molecule has 0 spiro atoms. The number of rotatable bonds is 4. The maximum absolute atomic E-state index is 12.5. The molecule has 0 aromatic carbocycles. The van der Waals surface area contributed by atoms with Crippen LogP contribution >= 0.6 is 0 Å². The van der Waals surface area contributed by atoms with Crippen molar-refractivity contribution in [1.29, 1.82) is 0 Å². The molecule has 3 aromatic rings. The van der Waals surface area contributed by atoms with Crippen molar-refractivity contribution in [3.63, 3.8) is 0 Å². The molecule has 8 nitrogen and oxygen atoms in total. The van der Waals surface area contributed by atoms with Crippen LogP contribution in [0.4, 0.5) is 0 Å². The zero-order valence-corrected chi connectivity index (χ0v) is 13.0. The van der Waals surface area contributed by atoms with Crippen LogP contribution in [0.15, 0.2) is 37.1 Å². The fraction of sp³-hybridized carbons (Fsp3) is 0.250. The molecule has 3 N–H and O–H groups in total. The van der Waals surface area contributed by atoms with Gasteiger partial charge in [-0.05, 0) is 6.07 Å². The maximum Gasteiger partial charge on any atom is 0.272 e. The molecule has 8 heteroatoms. The van der Waals surface area contributed by atoms with Gasteiger partial charge in [0.2, 0.25) is 0 Å². The lowest BCUT2D eigenvalue weighted by Crippen LogP contribution is -2.28. The number of hydrogen-bond donors (Lipinski definition) is 3. The molecule has 24 heavy (non-hydrogen) atoms. The molecule has 0 bridgehead atoms. The number of nitrogens with zero attached hydrogens (tertiary/aromatic N) is 4. The van der Waals surface area contributed by atoms with Gasteiger partial charge in [0.15, 0.2) is 5.69 Å². The van der Waals surface area contributed by atoms with Crippen LogP contribution in [0.5, 0.6) is 0 Å². The average Bonchev–Trinajstić information content (AvgIpc) is 3.29. The van der Waals surface area contributed by atoms with Crippen LogP contribution < -0.4 is 10.6 Å². The molecule has 122 valence electrons. The monoisotopic (exact) mass is 323 g/mol. The van der Waals surface area contributed by atoms with Crippen molar-refractivity contribution >= 4 is 5.91 Å². The Balaban J connectivity index is 1.52. The molecular weight excluding hydrogens is 306 g/mol. The van der Waals surface area contributed by atoms with Crippen LogP contribution in [0, 0.1) is 0 Å². The standard InChI is InChI=1S/C16H17N7O/c24-16(14-12-9-17-5-3-13(12)21-22-14)20-8-11-2-1-4-19-15(11)23-7-6-18-10-23/h1-2,4,6-7,10,17H,3,5,8-9H2,(H,20,24)(H,21,22). The molecule has 0 saturated carbocycles. The minimum atomic E-state index is -0.184. The first kappa shape index (κ1) is 14.6. The number of carbonyl (C=O) groups excluding carboxylic acids is 1. The summed E-state index contributed by atoms with van der Waals surface area (Å²) in [6, 6.07) is 3.78. The highest BCUT2D eigenvalue weighted by atomic mass is 16.1. The van der Waals surface area contributed by atoms with Crippen LogP contribution in [0.3, 0.4) is 0 Å². The summed E-state index contributed by atoms with van der Waals surface area (Å²) in [5, 5.41) is 13.3. The van der Waals surface area contributed by atoms with Crippen molar-refractivity contribution in [2.45, 2.75) is 19.5 Å². The van der Waals surface area contributed by atoms with E-state index < -0.39 is 0 Å². The van der Waals surface area contributed by atoms with Crippen molar-refractivity contribution in [2.24, 2.45) is 0 Å². The van der Waals surface area contributed by atoms with Crippen molar-refractivity contribution < 1.29 is 4.79 Å². The van der Waals surface area contributed by atoms with E-state index in [1.54, 1.807) is 18.7 Å². The van der Waals surface area contributed by atoms with Crippen LogP contribution in [0.25, 0.3) is 5.82 Å². The molecule has 0 radical (unpaired) electrons. The minimum Gasteiger partial charge on any atom is -0.346 e. The van der Waals surface area contributed by atoms with Gasteiger partial charge in [0.05, 0.1) is 0 Å². The van der Waals surface area contributed by atoms with Gasteiger partial charge >= 0.3 is 0 Å². The molecule has 0 saturated heterocycles. The molecule has 1 aliphatic rings. The van der Waals surface area contributed by atoms with Gasteiger partial charge in [-0.1, -0.05) is 6.07 Å². The quantitative estimate of drug-likeness (QED) is 0.651. The number of carbonyl (C=O) groups is 1. The lowest BCUT2D eigenvalue weighted by molar-refractivity contribution is 0.0944. The third-order valence-electron chi connectivity index (χ3n) is 4.08. The van der Waals surface area contributed by atoms with Gasteiger partial charge < -0.3 is 10.6 Å². The van der Waals surface area contributed by atoms with E-state index >= 15 is 0 Å². The second kappa shape index (κ2) is 6.25. The van der Waals surface area contributed by atoms with E-state index in [4.69, 9.17) is 0 Å². The molecule has 0 aliphatic carbocycles.